The van der Waals surface area contributed by atoms with Gasteiger partial charge in [0.15, 0.2) is 5.82 Å². The molecule has 0 atom stereocenters. The molecule has 0 radical (unpaired) electrons. The van der Waals surface area contributed by atoms with Crippen molar-refractivity contribution in [3.8, 4) is 0 Å². The standard InChI is InChI=1S/C15H18N8S/c1-9-18-19-14-13(16-5-6-23(9)14)22-7-11(8-22)21(2)15-17-12(20-24-15)10-3-4-10/h5-6,10-11H,3-4,7-8H2,1-2H3. The van der Waals surface area contributed by atoms with Crippen LogP contribution in [0.2, 0.25) is 0 Å². The fourth-order valence-electron chi connectivity index (χ4n) is 3.06. The van der Waals surface area contributed by atoms with Crippen molar-refractivity contribution < 1.29 is 0 Å². The van der Waals surface area contributed by atoms with Gasteiger partial charge in [0, 0.05) is 50.0 Å². The molecule has 2 aliphatic rings. The van der Waals surface area contributed by atoms with Crippen LogP contribution >= 0.6 is 11.5 Å². The van der Waals surface area contributed by atoms with Gasteiger partial charge in [0.1, 0.15) is 11.6 Å². The average Bonchev–Trinajstić information content (AvgIpc) is 3.15. The van der Waals surface area contributed by atoms with Gasteiger partial charge in [-0.25, -0.2) is 9.97 Å². The Labute approximate surface area is 143 Å². The topological polar surface area (TPSA) is 75.3 Å². The van der Waals surface area contributed by atoms with E-state index in [2.05, 4.69) is 36.4 Å². The Morgan fingerprint density at radius 2 is 2.08 bits per heavy atom. The highest BCUT2D eigenvalue weighted by Gasteiger charge is 2.35. The van der Waals surface area contributed by atoms with Gasteiger partial charge >= 0.3 is 0 Å². The lowest BCUT2D eigenvalue weighted by Gasteiger charge is -2.44. The Bertz CT molecular complexity index is 892. The van der Waals surface area contributed by atoms with E-state index in [1.165, 1.54) is 24.4 Å². The monoisotopic (exact) mass is 342 g/mol. The highest BCUT2D eigenvalue weighted by atomic mass is 32.1. The molecule has 0 unspecified atom stereocenters. The van der Waals surface area contributed by atoms with E-state index in [0.29, 0.717) is 12.0 Å². The van der Waals surface area contributed by atoms with E-state index in [1.807, 2.05) is 23.7 Å². The molecule has 0 spiro atoms. The van der Waals surface area contributed by atoms with Gasteiger partial charge in [0.05, 0.1) is 6.04 Å². The van der Waals surface area contributed by atoms with Crippen LogP contribution in [0.3, 0.4) is 0 Å². The Hall–Kier alpha value is -2.29. The number of likely N-dealkylation sites (N-methyl/N-ethyl adjacent to an activating group) is 1. The summed E-state index contributed by atoms with van der Waals surface area (Å²) >= 11 is 1.51. The largest absolute Gasteiger partial charge is 0.349 e. The van der Waals surface area contributed by atoms with E-state index in [4.69, 9.17) is 4.98 Å². The third kappa shape index (κ3) is 2.15. The van der Waals surface area contributed by atoms with Gasteiger partial charge in [-0.2, -0.15) is 4.37 Å². The van der Waals surface area contributed by atoms with E-state index >= 15 is 0 Å². The van der Waals surface area contributed by atoms with Crippen LogP contribution in [-0.2, 0) is 0 Å². The lowest BCUT2D eigenvalue weighted by atomic mass is 10.1. The zero-order chi connectivity index (χ0) is 16.3. The molecule has 3 aromatic heterocycles. The molecular formula is C15H18N8S. The summed E-state index contributed by atoms with van der Waals surface area (Å²) in [5.74, 6) is 3.42. The zero-order valence-corrected chi connectivity index (χ0v) is 14.4. The first-order valence-electron chi connectivity index (χ1n) is 8.18. The van der Waals surface area contributed by atoms with Crippen LogP contribution in [0.25, 0.3) is 5.65 Å². The second-order valence-electron chi connectivity index (χ2n) is 6.57. The molecule has 0 N–H and O–H groups in total. The number of aryl methyl sites for hydroxylation is 1. The minimum absolute atomic E-state index is 0.427. The maximum Gasteiger partial charge on any atom is 0.205 e. The Balaban J connectivity index is 1.32. The minimum atomic E-state index is 0.427. The van der Waals surface area contributed by atoms with Gasteiger partial charge in [-0.1, -0.05) is 0 Å². The van der Waals surface area contributed by atoms with E-state index in [1.54, 1.807) is 0 Å². The van der Waals surface area contributed by atoms with Gasteiger partial charge < -0.3 is 9.80 Å². The first-order valence-corrected chi connectivity index (χ1v) is 8.96. The third-order valence-electron chi connectivity index (χ3n) is 4.86. The number of anilines is 2. The van der Waals surface area contributed by atoms with Crippen LogP contribution in [0.15, 0.2) is 12.4 Å². The molecule has 0 aromatic carbocycles. The van der Waals surface area contributed by atoms with Crippen LogP contribution < -0.4 is 9.80 Å². The smallest absolute Gasteiger partial charge is 0.205 e. The van der Waals surface area contributed by atoms with Crippen molar-refractivity contribution in [2.45, 2.75) is 31.7 Å². The molecule has 24 heavy (non-hydrogen) atoms. The molecule has 4 heterocycles. The maximum atomic E-state index is 4.70. The Morgan fingerprint density at radius 3 is 2.88 bits per heavy atom. The molecular weight excluding hydrogens is 324 g/mol. The predicted molar refractivity (Wildman–Crippen MR) is 91.8 cm³/mol. The van der Waals surface area contributed by atoms with Crippen LogP contribution in [0.4, 0.5) is 10.9 Å². The normalized spacial score (nSPS) is 18.2. The van der Waals surface area contributed by atoms with Gasteiger partial charge in [0.25, 0.3) is 0 Å². The molecule has 8 nitrogen and oxygen atoms in total. The van der Waals surface area contributed by atoms with E-state index < -0.39 is 0 Å². The summed E-state index contributed by atoms with van der Waals surface area (Å²) in [6.07, 6.45) is 6.19. The summed E-state index contributed by atoms with van der Waals surface area (Å²) < 4.78 is 6.48. The van der Waals surface area contributed by atoms with Crippen molar-refractivity contribution >= 4 is 28.1 Å². The first kappa shape index (κ1) is 14.1. The Morgan fingerprint density at radius 1 is 1.25 bits per heavy atom. The van der Waals surface area contributed by atoms with Crippen LogP contribution in [0, 0.1) is 6.92 Å². The highest BCUT2D eigenvalue weighted by molar-refractivity contribution is 7.09. The molecule has 0 amide bonds. The van der Waals surface area contributed by atoms with Crippen molar-refractivity contribution in [3.63, 3.8) is 0 Å². The zero-order valence-electron chi connectivity index (χ0n) is 13.6. The Kier molecular flexibility index (Phi) is 2.99. The van der Waals surface area contributed by atoms with E-state index in [0.717, 1.165) is 41.3 Å². The molecule has 0 bridgehead atoms. The summed E-state index contributed by atoms with van der Waals surface area (Å²) in [7, 11) is 2.11. The quantitative estimate of drug-likeness (QED) is 0.711. The molecule has 1 aliphatic heterocycles. The van der Waals surface area contributed by atoms with Gasteiger partial charge in [-0.05, 0) is 19.8 Å². The van der Waals surface area contributed by atoms with Crippen LogP contribution in [0.1, 0.15) is 30.4 Å². The SMILES string of the molecule is Cc1nnc2c(N3CC(N(C)c4nc(C5CC5)ns4)C3)nccn12. The highest BCUT2D eigenvalue weighted by Crippen LogP contribution is 2.40. The molecule has 124 valence electrons. The summed E-state index contributed by atoms with van der Waals surface area (Å²) in [4.78, 5) is 13.7. The average molecular weight is 342 g/mol. The van der Waals surface area contributed by atoms with Crippen molar-refractivity contribution in [3.05, 3.63) is 24.0 Å². The third-order valence-corrected chi connectivity index (χ3v) is 5.68. The fourth-order valence-corrected chi connectivity index (χ4v) is 3.84. The van der Waals surface area contributed by atoms with Crippen molar-refractivity contribution in [1.29, 1.82) is 0 Å². The number of aromatic nitrogens is 6. The lowest BCUT2D eigenvalue weighted by molar-refractivity contribution is 0.492. The van der Waals surface area contributed by atoms with Crippen LogP contribution in [0.5, 0.6) is 0 Å². The van der Waals surface area contributed by atoms with E-state index in [-0.39, 0.29) is 0 Å². The number of nitrogens with zero attached hydrogens (tertiary/aromatic N) is 8. The number of hydrogen-bond donors (Lipinski definition) is 0. The van der Waals surface area contributed by atoms with E-state index in [9.17, 15) is 0 Å². The summed E-state index contributed by atoms with van der Waals surface area (Å²) in [5, 5.41) is 9.42. The van der Waals surface area contributed by atoms with Crippen molar-refractivity contribution in [2.75, 3.05) is 29.9 Å². The molecule has 2 fully saturated rings. The first-order chi connectivity index (χ1) is 11.7. The molecule has 5 rings (SSSR count). The minimum Gasteiger partial charge on any atom is -0.349 e. The molecule has 1 aliphatic carbocycles. The molecule has 3 aromatic rings. The summed E-state index contributed by atoms with van der Waals surface area (Å²) in [6.45, 7) is 3.77. The van der Waals surface area contributed by atoms with Gasteiger partial charge in [-0.3, -0.25) is 4.40 Å². The summed E-state index contributed by atoms with van der Waals surface area (Å²) in [6, 6.07) is 0.427. The number of rotatable bonds is 4. The summed E-state index contributed by atoms with van der Waals surface area (Å²) in [5.41, 5.74) is 0.822. The van der Waals surface area contributed by atoms with Gasteiger partial charge in [0.2, 0.25) is 10.8 Å². The molecule has 1 saturated carbocycles. The molecule has 1 saturated heterocycles. The number of hydrogen-bond acceptors (Lipinski definition) is 8. The van der Waals surface area contributed by atoms with Crippen molar-refractivity contribution in [2.24, 2.45) is 0 Å². The molecule has 9 heteroatoms. The maximum absolute atomic E-state index is 4.70. The fraction of sp³-hybridized carbons (Fsp3) is 0.533. The van der Waals surface area contributed by atoms with Crippen LogP contribution in [-0.4, -0.2) is 55.1 Å². The second-order valence-corrected chi connectivity index (χ2v) is 7.30. The second kappa shape index (κ2) is 5.10. The predicted octanol–water partition coefficient (Wildman–Crippen LogP) is 1.49. The van der Waals surface area contributed by atoms with Gasteiger partial charge in [-0.15, -0.1) is 10.2 Å². The lowest BCUT2D eigenvalue weighted by Crippen LogP contribution is -2.59. The number of fused-ring (bicyclic) bond motifs is 1. The van der Waals surface area contributed by atoms with Crippen molar-refractivity contribution in [1.82, 2.24) is 28.9 Å².